The zero-order valence-corrected chi connectivity index (χ0v) is 19.6. The number of morpholine rings is 1. The third-order valence-electron chi connectivity index (χ3n) is 6.44. The molecule has 2 atom stereocenters. The maximum absolute atomic E-state index is 12.2. The highest BCUT2D eigenvalue weighted by Crippen LogP contribution is 2.43. The number of nitrogens with zero attached hydrogens (tertiary/aromatic N) is 1. The molecule has 0 radical (unpaired) electrons. The van der Waals surface area contributed by atoms with Crippen LogP contribution in [0.25, 0.3) is 0 Å². The van der Waals surface area contributed by atoms with Crippen LogP contribution in [0.2, 0.25) is 0 Å². The lowest BCUT2D eigenvalue weighted by molar-refractivity contribution is -0.0547. The van der Waals surface area contributed by atoms with Crippen molar-refractivity contribution in [2.45, 2.75) is 45.6 Å². The number of ether oxygens (including phenoxy) is 2. The minimum atomic E-state index is -0.990. The van der Waals surface area contributed by atoms with Crippen molar-refractivity contribution in [3.63, 3.8) is 0 Å². The highest BCUT2D eigenvalue weighted by Gasteiger charge is 2.43. The molecule has 1 N–H and O–H groups in total. The Morgan fingerprint density at radius 3 is 2.19 bits per heavy atom. The minimum Gasteiger partial charge on any atom is -0.494 e. The first-order valence-corrected chi connectivity index (χ1v) is 11.7. The number of benzene rings is 2. The second kappa shape index (κ2) is 11.1. The quantitative estimate of drug-likeness (QED) is 0.577. The molecule has 31 heavy (non-hydrogen) atoms. The van der Waals surface area contributed by atoms with Gasteiger partial charge in [0.05, 0.1) is 25.4 Å². The maximum atomic E-state index is 12.2. The van der Waals surface area contributed by atoms with Crippen molar-refractivity contribution in [2.24, 2.45) is 11.8 Å². The molecule has 1 aliphatic rings. The fourth-order valence-corrected chi connectivity index (χ4v) is 4.39. The summed E-state index contributed by atoms with van der Waals surface area (Å²) in [5.74, 6) is 1.49. The van der Waals surface area contributed by atoms with Crippen molar-refractivity contribution in [2.75, 3.05) is 39.5 Å². The van der Waals surface area contributed by atoms with Gasteiger partial charge in [0.2, 0.25) is 0 Å². The molecule has 4 heteroatoms. The fourth-order valence-electron chi connectivity index (χ4n) is 4.39. The Balaban J connectivity index is 1.88. The van der Waals surface area contributed by atoms with Gasteiger partial charge in [0.25, 0.3) is 0 Å². The van der Waals surface area contributed by atoms with E-state index in [9.17, 15) is 5.11 Å². The van der Waals surface area contributed by atoms with Crippen LogP contribution in [0.4, 0.5) is 0 Å². The molecule has 1 fully saturated rings. The molecule has 2 aromatic carbocycles. The Bertz CT molecular complexity index is 769. The van der Waals surface area contributed by atoms with Crippen LogP contribution in [-0.4, -0.2) is 49.5 Å². The Labute approximate surface area is 188 Å². The van der Waals surface area contributed by atoms with E-state index in [0.717, 1.165) is 57.2 Å². The average Bonchev–Trinajstić information content (AvgIpc) is 2.78. The second-order valence-electron chi connectivity index (χ2n) is 9.41. The Kier molecular flexibility index (Phi) is 8.53. The monoisotopic (exact) mass is 425 g/mol. The van der Waals surface area contributed by atoms with Crippen molar-refractivity contribution in [1.82, 2.24) is 4.90 Å². The summed E-state index contributed by atoms with van der Waals surface area (Å²) in [6, 6.07) is 18.5. The molecule has 0 bridgehead atoms. The Morgan fingerprint density at radius 1 is 0.968 bits per heavy atom. The lowest BCUT2D eigenvalue weighted by atomic mass is 9.70. The third kappa shape index (κ3) is 6.09. The molecule has 170 valence electrons. The lowest BCUT2D eigenvalue weighted by Crippen LogP contribution is -2.47. The predicted molar refractivity (Wildman–Crippen MR) is 127 cm³/mol. The summed E-state index contributed by atoms with van der Waals surface area (Å²) in [4.78, 5) is 2.41. The fraction of sp³-hybridized carbons (Fsp3) is 0.556. The van der Waals surface area contributed by atoms with E-state index in [1.807, 2.05) is 30.3 Å². The molecule has 1 saturated heterocycles. The minimum absolute atomic E-state index is 0.0421. The zero-order chi connectivity index (χ0) is 22.3. The van der Waals surface area contributed by atoms with Gasteiger partial charge in [0, 0.05) is 25.6 Å². The van der Waals surface area contributed by atoms with Gasteiger partial charge >= 0.3 is 0 Å². The normalized spacial score (nSPS) is 18.2. The summed E-state index contributed by atoms with van der Waals surface area (Å²) in [6.45, 7) is 13.5. The third-order valence-corrected chi connectivity index (χ3v) is 6.44. The summed E-state index contributed by atoms with van der Waals surface area (Å²) >= 11 is 0. The van der Waals surface area contributed by atoms with Gasteiger partial charge in [0.15, 0.2) is 0 Å². The van der Waals surface area contributed by atoms with Crippen molar-refractivity contribution in [3.05, 3.63) is 65.7 Å². The summed E-state index contributed by atoms with van der Waals surface area (Å²) in [5.41, 5.74) is 1.12. The van der Waals surface area contributed by atoms with Crippen molar-refractivity contribution >= 4 is 0 Å². The molecule has 0 aliphatic carbocycles. The second-order valence-corrected chi connectivity index (χ2v) is 9.41. The lowest BCUT2D eigenvalue weighted by Gasteiger charge is -2.43. The largest absolute Gasteiger partial charge is 0.494 e. The smallest absolute Gasteiger partial charge is 0.119 e. The molecule has 0 aromatic heterocycles. The predicted octanol–water partition coefficient (Wildman–Crippen LogP) is 5.07. The first-order valence-electron chi connectivity index (χ1n) is 11.7. The zero-order valence-electron chi connectivity index (χ0n) is 19.6. The molecular formula is C27H39NO3. The number of hydrogen-bond acceptors (Lipinski definition) is 4. The molecule has 1 heterocycles. The maximum Gasteiger partial charge on any atom is 0.119 e. The van der Waals surface area contributed by atoms with E-state index in [1.54, 1.807) is 0 Å². The van der Waals surface area contributed by atoms with E-state index in [4.69, 9.17) is 9.47 Å². The van der Waals surface area contributed by atoms with E-state index < -0.39 is 5.60 Å². The van der Waals surface area contributed by atoms with Gasteiger partial charge in [-0.1, -0.05) is 70.2 Å². The van der Waals surface area contributed by atoms with Gasteiger partial charge in [-0.2, -0.15) is 0 Å². The molecule has 2 aromatic rings. The number of rotatable bonds is 10. The summed E-state index contributed by atoms with van der Waals surface area (Å²) in [7, 11) is 0. The van der Waals surface area contributed by atoms with Crippen LogP contribution in [0.15, 0.2) is 54.6 Å². The topological polar surface area (TPSA) is 41.9 Å². The molecular weight excluding hydrogens is 386 g/mol. The van der Waals surface area contributed by atoms with Gasteiger partial charge in [-0.05, 0) is 41.5 Å². The van der Waals surface area contributed by atoms with Crippen LogP contribution in [0.3, 0.4) is 0 Å². The van der Waals surface area contributed by atoms with E-state index in [0.29, 0.717) is 5.92 Å². The van der Waals surface area contributed by atoms with Crippen LogP contribution >= 0.6 is 0 Å². The van der Waals surface area contributed by atoms with Crippen molar-refractivity contribution in [1.29, 1.82) is 0 Å². The standard InChI is InChI=1S/C27H39NO3/c1-21(2)14-17-31-25-12-10-24(11-13-25)27(29,22(3)4)26(23-8-6-5-7-9-23)20-28-15-18-30-19-16-28/h5-13,21-22,26,29H,14-20H2,1-4H3/t26-,27+/m1/s1. The van der Waals surface area contributed by atoms with Crippen LogP contribution < -0.4 is 4.74 Å². The van der Waals surface area contributed by atoms with Crippen LogP contribution in [0.5, 0.6) is 5.75 Å². The van der Waals surface area contributed by atoms with Gasteiger partial charge in [-0.25, -0.2) is 0 Å². The van der Waals surface area contributed by atoms with E-state index >= 15 is 0 Å². The van der Waals surface area contributed by atoms with Crippen LogP contribution in [-0.2, 0) is 10.3 Å². The molecule has 1 aliphatic heterocycles. The molecule has 0 saturated carbocycles. The summed E-state index contributed by atoms with van der Waals surface area (Å²) < 4.78 is 11.5. The highest BCUT2D eigenvalue weighted by molar-refractivity contribution is 5.36. The first-order chi connectivity index (χ1) is 14.9. The highest BCUT2D eigenvalue weighted by atomic mass is 16.5. The summed E-state index contributed by atoms with van der Waals surface area (Å²) in [6.07, 6.45) is 1.04. The molecule has 3 rings (SSSR count). The van der Waals surface area contributed by atoms with Crippen LogP contribution in [0.1, 0.15) is 51.2 Å². The first kappa shape index (κ1) is 23.8. The Hall–Kier alpha value is -1.88. The van der Waals surface area contributed by atoms with Gasteiger partial charge in [-0.15, -0.1) is 0 Å². The van der Waals surface area contributed by atoms with Crippen molar-refractivity contribution < 1.29 is 14.6 Å². The van der Waals surface area contributed by atoms with Gasteiger partial charge in [0.1, 0.15) is 5.75 Å². The summed E-state index contributed by atoms with van der Waals surface area (Å²) in [5, 5.41) is 12.2. The van der Waals surface area contributed by atoms with E-state index in [2.05, 4.69) is 56.9 Å². The molecule has 4 nitrogen and oxygen atoms in total. The molecule has 0 spiro atoms. The number of hydrogen-bond donors (Lipinski definition) is 1. The van der Waals surface area contributed by atoms with Crippen LogP contribution in [0, 0.1) is 11.8 Å². The Morgan fingerprint density at radius 2 is 1.61 bits per heavy atom. The van der Waals surface area contributed by atoms with Gasteiger partial charge < -0.3 is 14.6 Å². The van der Waals surface area contributed by atoms with Gasteiger partial charge in [-0.3, -0.25) is 4.90 Å². The van der Waals surface area contributed by atoms with E-state index in [1.165, 1.54) is 5.56 Å². The van der Waals surface area contributed by atoms with Crippen molar-refractivity contribution in [3.8, 4) is 5.75 Å². The molecule has 0 amide bonds. The SMILES string of the molecule is CC(C)CCOc1ccc([C@@](O)(C(C)C)[C@H](CN2CCOCC2)c2ccccc2)cc1. The number of aliphatic hydroxyl groups is 1. The van der Waals surface area contributed by atoms with E-state index in [-0.39, 0.29) is 11.8 Å². The molecule has 0 unspecified atom stereocenters. The average molecular weight is 426 g/mol.